The normalized spacial score (nSPS) is 13.8. The third-order valence-electron chi connectivity index (χ3n) is 4.66. The number of rotatable bonds is 5. The zero-order valence-corrected chi connectivity index (χ0v) is 17.6. The Labute approximate surface area is 174 Å². The van der Waals surface area contributed by atoms with Crippen molar-refractivity contribution in [1.29, 1.82) is 0 Å². The standard InChI is InChI=1S/C20H19BrN4O2S/c1-25-19(17-6-3-7-18(17)23-25)22-20(26)13-4-2-5-15(12-13)24-28(27)16-10-8-14(21)9-11-16/h2,4-5,8-12,24H,3,6-7H2,1H3,(H,22,26). The molecule has 4 rings (SSSR count). The van der Waals surface area contributed by atoms with Gasteiger partial charge in [0.2, 0.25) is 0 Å². The zero-order chi connectivity index (χ0) is 19.7. The summed E-state index contributed by atoms with van der Waals surface area (Å²) in [6, 6.07) is 14.2. The monoisotopic (exact) mass is 458 g/mol. The van der Waals surface area contributed by atoms with Crippen molar-refractivity contribution < 1.29 is 9.00 Å². The second-order valence-electron chi connectivity index (χ2n) is 6.61. The van der Waals surface area contributed by atoms with Crippen molar-refractivity contribution in [2.75, 3.05) is 10.0 Å². The highest BCUT2D eigenvalue weighted by Crippen LogP contribution is 2.28. The van der Waals surface area contributed by atoms with E-state index in [4.69, 9.17) is 0 Å². The van der Waals surface area contributed by atoms with Gasteiger partial charge in [0.1, 0.15) is 16.8 Å². The van der Waals surface area contributed by atoms with Crippen LogP contribution in [-0.4, -0.2) is 19.9 Å². The van der Waals surface area contributed by atoms with Gasteiger partial charge in [-0.25, -0.2) is 4.21 Å². The average Bonchev–Trinajstić information content (AvgIpc) is 3.24. The maximum absolute atomic E-state index is 12.7. The molecule has 1 unspecified atom stereocenters. The lowest BCUT2D eigenvalue weighted by molar-refractivity contribution is 0.102. The van der Waals surface area contributed by atoms with Crippen LogP contribution in [0, 0.1) is 0 Å². The van der Waals surface area contributed by atoms with Gasteiger partial charge in [0.25, 0.3) is 5.91 Å². The van der Waals surface area contributed by atoms with E-state index in [9.17, 15) is 9.00 Å². The van der Waals surface area contributed by atoms with E-state index in [0.29, 0.717) is 16.1 Å². The van der Waals surface area contributed by atoms with Crippen LogP contribution in [0.4, 0.5) is 11.5 Å². The highest BCUT2D eigenvalue weighted by molar-refractivity contribution is 9.10. The van der Waals surface area contributed by atoms with Crippen LogP contribution in [0.15, 0.2) is 57.9 Å². The first kappa shape index (κ1) is 18.9. The molecule has 1 heterocycles. The van der Waals surface area contributed by atoms with E-state index in [1.807, 2.05) is 19.2 Å². The molecular weight excluding hydrogens is 440 g/mol. The Morgan fingerprint density at radius 3 is 2.75 bits per heavy atom. The Hall–Kier alpha value is -2.45. The summed E-state index contributed by atoms with van der Waals surface area (Å²) in [5.41, 5.74) is 3.30. The smallest absolute Gasteiger partial charge is 0.256 e. The van der Waals surface area contributed by atoms with Crippen LogP contribution < -0.4 is 10.0 Å². The van der Waals surface area contributed by atoms with Gasteiger partial charge >= 0.3 is 0 Å². The summed E-state index contributed by atoms with van der Waals surface area (Å²) in [4.78, 5) is 13.4. The number of amides is 1. The number of hydrogen-bond acceptors (Lipinski definition) is 3. The Balaban J connectivity index is 1.50. The molecule has 1 aromatic heterocycles. The van der Waals surface area contributed by atoms with Gasteiger partial charge in [-0.2, -0.15) is 5.10 Å². The molecule has 1 amide bonds. The van der Waals surface area contributed by atoms with E-state index in [-0.39, 0.29) is 5.91 Å². The molecule has 0 fully saturated rings. The molecule has 0 bridgehead atoms. The molecule has 0 spiro atoms. The minimum Gasteiger partial charge on any atom is -0.307 e. The number of nitrogens with one attached hydrogen (secondary N) is 2. The first-order valence-corrected chi connectivity index (χ1v) is 10.9. The quantitative estimate of drug-likeness (QED) is 0.605. The fourth-order valence-electron chi connectivity index (χ4n) is 3.30. The molecule has 0 saturated carbocycles. The fraction of sp³-hybridized carbons (Fsp3) is 0.200. The van der Waals surface area contributed by atoms with Gasteiger partial charge < -0.3 is 10.0 Å². The summed E-state index contributed by atoms with van der Waals surface area (Å²) in [5.74, 6) is 0.546. The molecule has 1 aliphatic rings. The lowest BCUT2D eigenvalue weighted by Crippen LogP contribution is -2.16. The van der Waals surface area contributed by atoms with Crippen molar-refractivity contribution in [3.63, 3.8) is 0 Å². The predicted molar refractivity (Wildman–Crippen MR) is 114 cm³/mol. The molecular formula is C20H19BrN4O2S. The van der Waals surface area contributed by atoms with Crippen LogP contribution in [0.2, 0.25) is 0 Å². The van der Waals surface area contributed by atoms with E-state index in [1.165, 1.54) is 0 Å². The maximum atomic E-state index is 12.7. The van der Waals surface area contributed by atoms with Crippen LogP contribution >= 0.6 is 15.9 Å². The minimum atomic E-state index is -1.42. The van der Waals surface area contributed by atoms with Gasteiger partial charge in [-0.05, 0) is 61.7 Å². The molecule has 1 atom stereocenters. The summed E-state index contributed by atoms with van der Waals surface area (Å²) in [7, 11) is 0.425. The van der Waals surface area contributed by atoms with Crippen LogP contribution in [0.3, 0.4) is 0 Å². The Bertz CT molecular complexity index is 1060. The molecule has 0 saturated heterocycles. The molecule has 28 heavy (non-hydrogen) atoms. The van der Waals surface area contributed by atoms with Gasteiger partial charge in [0, 0.05) is 28.3 Å². The van der Waals surface area contributed by atoms with E-state index in [1.54, 1.807) is 41.1 Å². The van der Waals surface area contributed by atoms with Crippen molar-refractivity contribution in [2.45, 2.75) is 24.2 Å². The number of benzene rings is 2. The highest BCUT2D eigenvalue weighted by atomic mass is 79.9. The summed E-state index contributed by atoms with van der Waals surface area (Å²) in [6.45, 7) is 0. The Kier molecular flexibility index (Phi) is 5.32. The molecule has 8 heteroatoms. The van der Waals surface area contributed by atoms with E-state index in [2.05, 4.69) is 31.1 Å². The van der Waals surface area contributed by atoms with E-state index in [0.717, 1.165) is 40.8 Å². The Morgan fingerprint density at radius 2 is 1.96 bits per heavy atom. The lowest BCUT2D eigenvalue weighted by Gasteiger charge is -2.10. The first-order valence-electron chi connectivity index (χ1n) is 8.91. The first-order chi connectivity index (χ1) is 13.5. The molecule has 3 aromatic rings. The Morgan fingerprint density at radius 1 is 1.18 bits per heavy atom. The van der Waals surface area contributed by atoms with Crippen LogP contribution in [0.5, 0.6) is 0 Å². The van der Waals surface area contributed by atoms with Crippen molar-refractivity contribution in [3.05, 3.63) is 69.8 Å². The van der Waals surface area contributed by atoms with Gasteiger partial charge in [0.15, 0.2) is 0 Å². The topological polar surface area (TPSA) is 76.0 Å². The number of anilines is 2. The van der Waals surface area contributed by atoms with Crippen molar-refractivity contribution in [2.24, 2.45) is 7.05 Å². The maximum Gasteiger partial charge on any atom is 0.256 e. The number of halogens is 1. The third-order valence-corrected chi connectivity index (χ3v) is 6.31. The fourth-order valence-corrected chi connectivity index (χ4v) is 4.41. The van der Waals surface area contributed by atoms with Gasteiger partial charge in [-0.15, -0.1) is 0 Å². The molecule has 2 aromatic carbocycles. The second kappa shape index (κ2) is 7.89. The number of hydrogen-bond donors (Lipinski definition) is 2. The molecule has 1 aliphatic carbocycles. The molecule has 6 nitrogen and oxygen atoms in total. The number of aromatic nitrogens is 2. The zero-order valence-electron chi connectivity index (χ0n) is 15.2. The van der Waals surface area contributed by atoms with E-state index >= 15 is 0 Å². The predicted octanol–water partition coefficient (Wildman–Crippen LogP) is 4.06. The van der Waals surface area contributed by atoms with Crippen LogP contribution in [0.25, 0.3) is 0 Å². The minimum absolute atomic E-state index is 0.212. The van der Waals surface area contributed by atoms with E-state index < -0.39 is 11.0 Å². The van der Waals surface area contributed by atoms with Gasteiger partial charge in [-0.1, -0.05) is 22.0 Å². The number of carbonyl (C=O) groups is 1. The van der Waals surface area contributed by atoms with Crippen molar-refractivity contribution in [3.8, 4) is 0 Å². The number of aryl methyl sites for hydroxylation is 2. The number of fused-ring (bicyclic) bond motifs is 1. The van der Waals surface area contributed by atoms with Crippen LogP contribution in [0.1, 0.15) is 28.0 Å². The van der Waals surface area contributed by atoms with Gasteiger partial charge in [-0.3, -0.25) is 9.48 Å². The number of nitrogens with zero attached hydrogens (tertiary/aromatic N) is 2. The summed E-state index contributed by atoms with van der Waals surface area (Å²) >= 11 is 3.36. The second-order valence-corrected chi connectivity index (χ2v) is 8.74. The summed E-state index contributed by atoms with van der Waals surface area (Å²) in [6.07, 6.45) is 2.97. The average molecular weight is 459 g/mol. The third kappa shape index (κ3) is 3.88. The van der Waals surface area contributed by atoms with Crippen molar-refractivity contribution in [1.82, 2.24) is 9.78 Å². The van der Waals surface area contributed by atoms with Crippen LogP contribution in [-0.2, 0) is 30.9 Å². The molecule has 0 radical (unpaired) electrons. The largest absolute Gasteiger partial charge is 0.307 e. The lowest BCUT2D eigenvalue weighted by atomic mass is 10.2. The summed E-state index contributed by atoms with van der Waals surface area (Å²) in [5, 5.41) is 7.46. The molecule has 144 valence electrons. The van der Waals surface area contributed by atoms with Gasteiger partial charge in [0.05, 0.1) is 10.6 Å². The van der Waals surface area contributed by atoms with Crippen molar-refractivity contribution >= 4 is 44.3 Å². The molecule has 2 N–H and O–H groups in total. The summed E-state index contributed by atoms with van der Waals surface area (Å²) < 4.78 is 18.1. The number of carbonyl (C=O) groups excluding carboxylic acids is 1. The highest BCUT2D eigenvalue weighted by Gasteiger charge is 2.22. The SMILES string of the molecule is Cn1nc2c(c1NC(=O)c1cccc(NS(=O)c3ccc(Br)cc3)c1)CCC2. The molecule has 0 aliphatic heterocycles.